The summed E-state index contributed by atoms with van der Waals surface area (Å²) < 4.78 is 1.23. The Kier molecular flexibility index (Phi) is 5.68. The van der Waals surface area contributed by atoms with Crippen molar-refractivity contribution >= 4 is 50.8 Å². The molecule has 0 N–H and O–H groups in total. The number of benzene rings is 2. The number of para-hydroxylation sites is 1. The van der Waals surface area contributed by atoms with Gasteiger partial charge in [0.15, 0.2) is 0 Å². The lowest BCUT2D eigenvalue weighted by Crippen LogP contribution is -2.48. The first-order valence-electron chi connectivity index (χ1n) is 8.83. The smallest absolute Gasteiger partial charge is 0.255 e. The Labute approximate surface area is 172 Å². The van der Waals surface area contributed by atoms with Crippen LogP contribution in [0.2, 0.25) is 5.02 Å². The first-order chi connectivity index (χ1) is 13.1. The monoisotopic (exact) mass is 417 g/mol. The number of hydrogen-bond acceptors (Lipinski definition) is 5. The predicted octanol–water partition coefficient (Wildman–Crippen LogP) is 4.63. The quantitative estimate of drug-likeness (QED) is 0.580. The zero-order chi connectivity index (χ0) is 18.8. The van der Waals surface area contributed by atoms with Crippen LogP contribution in [0.1, 0.15) is 15.4 Å². The van der Waals surface area contributed by atoms with Gasteiger partial charge in [0.05, 0.1) is 27.3 Å². The van der Waals surface area contributed by atoms with E-state index >= 15 is 0 Å². The largest absolute Gasteiger partial charge is 0.336 e. The highest BCUT2D eigenvalue weighted by molar-refractivity contribution is 7.98. The zero-order valence-corrected chi connectivity index (χ0v) is 17.4. The summed E-state index contributed by atoms with van der Waals surface area (Å²) in [6, 6.07) is 13.9. The van der Waals surface area contributed by atoms with Gasteiger partial charge in [-0.3, -0.25) is 9.69 Å². The molecule has 1 aliphatic heterocycles. The van der Waals surface area contributed by atoms with E-state index in [1.54, 1.807) is 23.1 Å². The second-order valence-electron chi connectivity index (χ2n) is 6.49. The van der Waals surface area contributed by atoms with Crippen LogP contribution in [0.25, 0.3) is 10.2 Å². The highest BCUT2D eigenvalue weighted by Gasteiger charge is 2.24. The normalized spacial score (nSPS) is 15.4. The first kappa shape index (κ1) is 18.7. The topological polar surface area (TPSA) is 36.4 Å². The number of rotatable bonds is 4. The van der Waals surface area contributed by atoms with Gasteiger partial charge in [-0.15, -0.1) is 23.1 Å². The summed E-state index contributed by atoms with van der Waals surface area (Å²) in [6.45, 7) is 3.96. The van der Waals surface area contributed by atoms with Gasteiger partial charge in [0.1, 0.15) is 5.01 Å². The van der Waals surface area contributed by atoms with E-state index < -0.39 is 0 Å². The highest BCUT2D eigenvalue weighted by atomic mass is 35.5. The lowest BCUT2D eigenvalue weighted by Gasteiger charge is -2.34. The molecule has 3 aromatic rings. The van der Waals surface area contributed by atoms with Gasteiger partial charge in [0, 0.05) is 31.1 Å². The van der Waals surface area contributed by atoms with Crippen LogP contribution in [0.5, 0.6) is 0 Å². The maximum atomic E-state index is 12.9. The van der Waals surface area contributed by atoms with Crippen molar-refractivity contribution in [1.82, 2.24) is 14.8 Å². The number of aromatic nitrogens is 1. The molecule has 2 aromatic carbocycles. The minimum atomic E-state index is 0.0236. The van der Waals surface area contributed by atoms with E-state index in [9.17, 15) is 4.79 Å². The van der Waals surface area contributed by atoms with E-state index in [-0.39, 0.29) is 5.91 Å². The molecule has 0 aliphatic carbocycles. The Hall–Kier alpha value is -1.60. The fourth-order valence-corrected chi connectivity index (χ4v) is 4.90. The number of carbonyl (C=O) groups excluding carboxylic acids is 1. The van der Waals surface area contributed by atoms with Crippen molar-refractivity contribution in [2.45, 2.75) is 11.4 Å². The van der Waals surface area contributed by atoms with Crippen molar-refractivity contribution in [2.24, 2.45) is 0 Å². The maximum Gasteiger partial charge on any atom is 0.255 e. The van der Waals surface area contributed by atoms with Crippen LogP contribution < -0.4 is 0 Å². The van der Waals surface area contributed by atoms with Crippen molar-refractivity contribution in [3.05, 3.63) is 58.1 Å². The third kappa shape index (κ3) is 4.14. The third-order valence-corrected chi connectivity index (χ3v) is 6.84. The highest BCUT2D eigenvalue weighted by Crippen LogP contribution is 2.26. The number of fused-ring (bicyclic) bond motifs is 1. The molecule has 4 rings (SSSR count). The van der Waals surface area contributed by atoms with Crippen LogP contribution in [0.3, 0.4) is 0 Å². The number of hydrogen-bond donors (Lipinski definition) is 0. The number of carbonyl (C=O) groups is 1. The molecule has 1 amide bonds. The van der Waals surface area contributed by atoms with E-state index in [4.69, 9.17) is 16.6 Å². The molecule has 0 atom stereocenters. The van der Waals surface area contributed by atoms with Gasteiger partial charge in [0.25, 0.3) is 5.91 Å². The maximum absolute atomic E-state index is 12.9. The summed E-state index contributed by atoms with van der Waals surface area (Å²) in [5, 5.41) is 1.65. The van der Waals surface area contributed by atoms with Crippen molar-refractivity contribution in [1.29, 1.82) is 0 Å². The lowest BCUT2D eigenvalue weighted by atomic mass is 10.1. The number of amides is 1. The number of thioether (sulfide) groups is 1. The summed E-state index contributed by atoms with van der Waals surface area (Å²) in [5.41, 5.74) is 1.66. The Morgan fingerprint density at radius 3 is 2.70 bits per heavy atom. The molecule has 1 saturated heterocycles. The van der Waals surface area contributed by atoms with Crippen LogP contribution >= 0.6 is 34.7 Å². The fraction of sp³-hybridized carbons (Fsp3) is 0.300. The van der Waals surface area contributed by atoms with Crippen LogP contribution in [0.15, 0.2) is 47.4 Å². The molecular formula is C20H20ClN3OS2. The number of nitrogens with zero attached hydrogens (tertiary/aromatic N) is 3. The summed E-state index contributed by atoms with van der Waals surface area (Å²) >= 11 is 9.63. The Balaban J connectivity index is 1.39. The number of piperazine rings is 1. The van der Waals surface area contributed by atoms with E-state index in [0.29, 0.717) is 23.7 Å². The van der Waals surface area contributed by atoms with Crippen LogP contribution in [-0.4, -0.2) is 53.1 Å². The molecule has 27 heavy (non-hydrogen) atoms. The minimum Gasteiger partial charge on any atom is -0.336 e. The first-order valence-corrected chi connectivity index (χ1v) is 11.3. The molecule has 4 nitrogen and oxygen atoms in total. The van der Waals surface area contributed by atoms with E-state index in [0.717, 1.165) is 35.1 Å². The standard InChI is InChI=1S/C20H20ClN3OS2/c1-26-14-6-7-16(21)15(12-14)20(25)24-10-8-23(9-11-24)13-19-22-17-4-2-3-5-18(17)27-19/h2-7,12H,8-11,13H2,1H3. The Morgan fingerprint density at radius 1 is 1.19 bits per heavy atom. The molecule has 0 saturated carbocycles. The van der Waals surface area contributed by atoms with Gasteiger partial charge in [-0.1, -0.05) is 23.7 Å². The predicted molar refractivity (Wildman–Crippen MR) is 114 cm³/mol. The molecule has 1 fully saturated rings. The zero-order valence-electron chi connectivity index (χ0n) is 15.0. The van der Waals surface area contributed by atoms with E-state index in [2.05, 4.69) is 17.0 Å². The second kappa shape index (κ2) is 8.19. The molecule has 140 valence electrons. The van der Waals surface area contributed by atoms with E-state index in [1.807, 2.05) is 41.5 Å². The van der Waals surface area contributed by atoms with Crippen LogP contribution in [-0.2, 0) is 6.54 Å². The van der Waals surface area contributed by atoms with Gasteiger partial charge < -0.3 is 4.90 Å². The SMILES string of the molecule is CSc1ccc(Cl)c(C(=O)N2CCN(Cc3nc4ccccc4s3)CC2)c1. The van der Waals surface area contributed by atoms with Crippen molar-refractivity contribution < 1.29 is 4.79 Å². The van der Waals surface area contributed by atoms with Gasteiger partial charge in [-0.05, 0) is 36.6 Å². The molecule has 1 aliphatic rings. The second-order valence-corrected chi connectivity index (χ2v) is 8.89. The minimum absolute atomic E-state index is 0.0236. The molecule has 7 heteroatoms. The van der Waals surface area contributed by atoms with E-state index in [1.165, 1.54) is 4.70 Å². The van der Waals surface area contributed by atoms with Crippen LogP contribution in [0, 0.1) is 0 Å². The van der Waals surface area contributed by atoms with Gasteiger partial charge >= 0.3 is 0 Å². The van der Waals surface area contributed by atoms with Crippen LogP contribution in [0.4, 0.5) is 0 Å². The summed E-state index contributed by atoms with van der Waals surface area (Å²) in [5.74, 6) is 0.0236. The molecular weight excluding hydrogens is 398 g/mol. The summed E-state index contributed by atoms with van der Waals surface area (Å²) in [4.78, 5) is 22.9. The molecule has 1 aromatic heterocycles. The fourth-order valence-electron chi connectivity index (χ4n) is 3.25. The average molecular weight is 418 g/mol. The number of halogens is 1. The lowest BCUT2D eigenvalue weighted by molar-refractivity contribution is 0.0628. The van der Waals surface area contributed by atoms with Crippen molar-refractivity contribution in [3.63, 3.8) is 0 Å². The number of thiazole rings is 1. The molecule has 0 spiro atoms. The Morgan fingerprint density at radius 2 is 1.96 bits per heavy atom. The molecule has 0 unspecified atom stereocenters. The molecule has 0 radical (unpaired) electrons. The van der Waals surface area contributed by atoms with Gasteiger partial charge in [-0.2, -0.15) is 0 Å². The molecule has 2 heterocycles. The van der Waals surface area contributed by atoms with Gasteiger partial charge in [0.2, 0.25) is 0 Å². The molecule has 0 bridgehead atoms. The summed E-state index contributed by atoms with van der Waals surface area (Å²) in [6.07, 6.45) is 2.00. The van der Waals surface area contributed by atoms with Gasteiger partial charge in [-0.25, -0.2) is 4.98 Å². The average Bonchev–Trinajstić information content (AvgIpc) is 3.11. The van der Waals surface area contributed by atoms with Crippen molar-refractivity contribution in [3.8, 4) is 0 Å². The summed E-state index contributed by atoms with van der Waals surface area (Å²) in [7, 11) is 0. The third-order valence-electron chi connectivity index (χ3n) is 4.76. The van der Waals surface area contributed by atoms with Crippen molar-refractivity contribution in [2.75, 3.05) is 32.4 Å². The Bertz CT molecular complexity index is 934.